The number of furan rings is 1. The van der Waals surface area contributed by atoms with Crippen molar-refractivity contribution in [2.24, 2.45) is 0 Å². The second kappa shape index (κ2) is 14.0. The maximum atomic E-state index is 6.70. The molecule has 9 aromatic carbocycles. The van der Waals surface area contributed by atoms with E-state index in [1.807, 2.05) is 29.5 Å². The van der Waals surface area contributed by atoms with E-state index >= 15 is 0 Å². The van der Waals surface area contributed by atoms with Crippen molar-refractivity contribution in [3.05, 3.63) is 235 Å². The highest BCUT2D eigenvalue weighted by Crippen LogP contribution is 2.56. The molecule has 0 spiro atoms. The van der Waals surface area contributed by atoms with Gasteiger partial charge in [-0.05, 0) is 80.9 Å². The summed E-state index contributed by atoms with van der Waals surface area (Å²) in [6, 6.07) is 75.6. The summed E-state index contributed by atoms with van der Waals surface area (Å²) < 4.78 is 9.28. The Labute approximate surface area is 367 Å². The number of nitrogens with zero attached hydrogens (tertiary/aromatic N) is 3. The number of hydrogen-bond donors (Lipinski definition) is 0. The highest BCUT2D eigenvalue weighted by atomic mass is 32.1. The Morgan fingerprint density at radius 2 is 0.873 bits per heavy atom. The maximum Gasteiger partial charge on any atom is 0.164 e. The Balaban J connectivity index is 0.963. The fourth-order valence-corrected chi connectivity index (χ4v) is 11.2. The molecule has 4 nitrogen and oxygen atoms in total. The van der Waals surface area contributed by atoms with Crippen LogP contribution in [0.3, 0.4) is 0 Å². The first kappa shape index (κ1) is 35.7. The van der Waals surface area contributed by atoms with Gasteiger partial charge in [0, 0.05) is 47.6 Å². The van der Waals surface area contributed by atoms with Gasteiger partial charge in [0.2, 0.25) is 0 Å². The predicted octanol–water partition coefficient (Wildman–Crippen LogP) is 15.2. The van der Waals surface area contributed by atoms with Gasteiger partial charge in [0.15, 0.2) is 17.5 Å². The summed E-state index contributed by atoms with van der Waals surface area (Å²) in [6.07, 6.45) is 0. The van der Waals surface area contributed by atoms with Gasteiger partial charge in [0.25, 0.3) is 0 Å². The molecule has 0 saturated heterocycles. The van der Waals surface area contributed by atoms with Gasteiger partial charge >= 0.3 is 0 Å². The molecule has 0 N–H and O–H groups in total. The molecule has 0 saturated carbocycles. The molecule has 0 fully saturated rings. The summed E-state index contributed by atoms with van der Waals surface area (Å²) in [7, 11) is 0. The van der Waals surface area contributed by atoms with Crippen molar-refractivity contribution in [1.29, 1.82) is 0 Å². The molecule has 3 aromatic heterocycles. The molecule has 12 aromatic rings. The Hall–Kier alpha value is -7.99. The SMILES string of the molecule is c1ccc(-c2nc(-c3ccc4c(c3)C(c3ccccc3)(c3ccccc3)c3ccccc3-4)nc(-c3ccc4c(c3)oc3cc(-c5cccc6c5sc5ccccc56)ccc34)n2)cc1. The van der Waals surface area contributed by atoms with E-state index in [0.717, 1.165) is 44.2 Å². The standard InChI is InChI=1S/C58H35N3OS/c1-4-15-36(16-5-1)55-59-56(38-28-30-44-43-21-10-12-25-49(43)58(50(44)33-38,40-17-6-2-7-18-40)41-19-8-3-9-20-41)61-57(60-55)39-29-32-46-45-31-27-37(34-51(45)62-52(46)35-39)42-23-14-24-48-47-22-11-13-26-53(47)63-54(42)48/h1-35H. The van der Waals surface area contributed by atoms with Gasteiger partial charge in [-0.1, -0.05) is 176 Å². The molecule has 13 rings (SSSR count). The van der Waals surface area contributed by atoms with Gasteiger partial charge in [0.1, 0.15) is 11.2 Å². The normalized spacial score (nSPS) is 12.9. The number of benzene rings is 9. The topological polar surface area (TPSA) is 51.8 Å². The van der Waals surface area contributed by atoms with Crippen LogP contribution >= 0.6 is 11.3 Å². The van der Waals surface area contributed by atoms with Gasteiger partial charge in [-0.15, -0.1) is 11.3 Å². The second-order valence-electron chi connectivity index (χ2n) is 16.3. The average Bonchev–Trinajstić information content (AvgIpc) is 4.02. The molecule has 0 radical (unpaired) electrons. The zero-order valence-corrected chi connectivity index (χ0v) is 34.7. The van der Waals surface area contributed by atoms with Crippen LogP contribution in [0.5, 0.6) is 0 Å². The van der Waals surface area contributed by atoms with E-state index in [1.165, 1.54) is 59.1 Å². The Bertz CT molecular complexity index is 3700. The first-order chi connectivity index (χ1) is 31.2. The minimum absolute atomic E-state index is 0.542. The van der Waals surface area contributed by atoms with Crippen molar-refractivity contribution in [3.63, 3.8) is 0 Å². The number of fused-ring (bicyclic) bond motifs is 9. The number of thiophene rings is 1. The Morgan fingerprint density at radius 1 is 0.349 bits per heavy atom. The molecular formula is C58H35N3OS. The van der Waals surface area contributed by atoms with Crippen LogP contribution in [0.2, 0.25) is 0 Å². The predicted molar refractivity (Wildman–Crippen MR) is 259 cm³/mol. The van der Waals surface area contributed by atoms with E-state index in [9.17, 15) is 0 Å². The minimum atomic E-state index is -0.542. The third-order valence-corrected chi connectivity index (χ3v) is 14.1. The molecule has 0 unspecified atom stereocenters. The first-order valence-electron chi connectivity index (χ1n) is 21.3. The van der Waals surface area contributed by atoms with Crippen molar-refractivity contribution >= 4 is 53.4 Å². The van der Waals surface area contributed by atoms with Crippen molar-refractivity contribution in [2.45, 2.75) is 5.41 Å². The molecule has 63 heavy (non-hydrogen) atoms. The van der Waals surface area contributed by atoms with Gasteiger partial charge in [0.05, 0.1) is 5.41 Å². The number of aromatic nitrogens is 3. The monoisotopic (exact) mass is 821 g/mol. The van der Waals surface area contributed by atoms with E-state index in [0.29, 0.717) is 17.5 Å². The van der Waals surface area contributed by atoms with Crippen LogP contribution in [0.4, 0.5) is 0 Å². The van der Waals surface area contributed by atoms with E-state index in [-0.39, 0.29) is 0 Å². The van der Waals surface area contributed by atoms with Gasteiger partial charge in [-0.2, -0.15) is 0 Å². The van der Waals surface area contributed by atoms with Crippen molar-refractivity contribution in [2.75, 3.05) is 0 Å². The van der Waals surface area contributed by atoms with Crippen LogP contribution in [-0.2, 0) is 5.41 Å². The molecule has 0 amide bonds. The molecule has 294 valence electrons. The highest BCUT2D eigenvalue weighted by Gasteiger charge is 2.46. The van der Waals surface area contributed by atoms with E-state index < -0.39 is 5.41 Å². The van der Waals surface area contributed by atoms with Crippen LogP contribution in [0, 0.1) is 0 Å². The second-order valence-corrected chi connectivity index (χ2v) is 17.3. The first-order valence-corrected chi connectivity index (χ1v) is 22.1. The molecule has 3 heterocycles. The van der Waals surface area contributed by atoms with Crippen LogP contribution in [0.1, 0.15) is 22.3 Å². The van der Waals surface area contributed by atoms with Crippen LogP contribution in [0.15, 0.2) is 217 Å². The van der Waals surface area contributed by atoms with Crippen LogP contribution < -0.4 is 0 Å². The number of rotatable bonds is 6. The minimum Gasteiger partial charge on any atom is -0.456 e. The lowest BCUT2D eigenvalue weighted by molar-refractivity contribution is 0.669. The quantitative estimate of drug-likeness (QED) is 0.168. The lowest BCUT2D eigenvalue weighted by Gasteiger charge is -2.34. The lowest BCUT2D eigenvalue weighted by Crippen LogP contribution is -2.28. The van der Waals surface area contributed by atoms with Gasteiger partial charge < -0.3 is 4.42 Å². The zero-order chi connectivity index (χ0) is 41.5. The molecular weight excluding hydrogens is 787 g/mol. The van der Waals surface area contributed by atoms with E-state index in [4.69, 9.17) is 19.4 Å². The van der Waals surface area contributed by atoms with Crippen LogP contribution in [0.25, 0.3) is 98.5 Å². The summed E-state index contributed by atoms with van der Waals surface area (Å²) in [5.74, 6) is 1.80. The third-order valence-electron chi connectivity index (χ3n) is 12.8. The highest BCUT2D eigenvalue weighted by molar-refractivity contribution is 7.26. The Morgan fingerprint density at radius 3 is 1.60 bits per heavy atom. The summed E-state index contributed by atoms with van der Waals surface area (Å²) >= 11 is 1.84. The Kier molecular flexibility index (Phi) is 7.96. The van der Waals surface area contributed by atoms with Gasteiger partial charge in [-0.3, -0.25) is 0 Å². The smallest absolute Gasteiger partial charge is 0.164 e. The van der Waals surface area contributed by atoms with Crippen molar-refractivity contribution in [1.82, 2.24) is 15.0 Å². The summed E-state index contributed by atoms with van der Waals surface area (Å²) in [5.41, 5.74) is 13.5. The van der Waals surface area contributed by atoms with E-state index in [2.05, 4.69) is 194 Å². The average molecular weight is 822 g/mol. The van der Waals surface area contributed by atoms with Crippen molar-refractivity contribution < 1.29 is 4.42 Å². The molecule has 1 aliphatic rings. The maximum absolute atomic E-state index is 6.70. The molecule has 0 bridgehead atoms. The summed E-state index contributed by atoms with van der Waals surface area (Å²) in [6.45, 7) is 0. The zero-order valence-electron chi connectivity index (χ0n) is 33.9. The van der Waals surface area contributed by atoms with Gasteiger partial charge in [-0.25, -0.2) is 15.0 Å². The fraction of sp³-hybridized carbons (Fsp3) is 0.0172. The van der Waals surface area contributed by atoms with E-state index in [1.54, 1.807) is 0 Å². The molecule has 0 atom stereocenters. The molecule has 1 aliphatic carbocycles. The molecule has 0 aliphatic heterocycles. The van der Waals surface area contributed by atoms with Crippen LogP contribution in [-0.4, -0.2) is 15.0 Å². The lowest BCUT2D eigenvalue weighted by atomic mass is 9.67. The molecule has 5 heteroatoms. The number of hydrogen-bond acceptors (Lipinski definition) is 5. The van der Waals surface area contributed by atoms with Crippen molar-refractivity contribution in [3.8, 4) is 56.4 Å². The largest absolute Gasteiger partial charge is 0.456 e. The fourth-order valence-electron chi connectivity index (χ4n) is 9.99. The summed E-state index contributed by atoms with van der Waals surface area (Å²) in [5, 5.41) is 4.70. The summed E-state index contributed by atoms with van der Waals surface area (Å²) in [4.78, 5) is 15.6. The third kappa shape index (κ3) is 5.50.